The van der Waals surface area contributed by atoms with Crippen LogP contribution < -0.4 is 10.6 Å². The molecule has 0 aliphatic heterocycles. The van der Waals surface area contributed by atoms with Crippen LogP contribution in [0.2, 0.25) is 0 Å². The molecule has 0 saturated heterocycles. The van der Waals surface area contributed by atoms with E-state index in [0.717, 1.165) is 5.56 Å². The first-order valence-corrected chi connectivity index (χ1v) is 6.16. The molecule has 6 nitrogen and oxygen atoms in total. The Morgan fingerprint density at radius 1 is 1.45 bits per heavy atom. The fourth-order valence-corrected chi connectivity index (χ4v) is 1.62. The first kappa shape index (κ1) is 15.5. The molecule has 0 aliphatic carbocycles. The van der Waals surface area contributed by atoms with Crippen molar-refractivity contribution in [2.24, 2.45) is 0 Å². The summed E-state index contributed by atoms with van der Waals surface area (Å²) in [6, 6.07) is 6.42. The molecule has 106 valence electrons. The molecule has 0 bridgehead atoms. The van der Waals surface area contributed by atoms with E-state index in [9.17, 15) is 9.59 Å². The lowest BCUT2D eigenvalue weighted by Gasteiger charge is -2.24. The Bertz CT molecular complexity index is 578. The van der Waals surface area contributed by atoms with Gasteiger partial charge >= 0.3 is 12.0 Å². The van der Waals surface area contributed by atoms with Crippen LogP contribution in [-0.2, 0) is 4.79 Å². The number of amides is 2. The highest BCUT2D eigenvalue weighted by molar-refractivity contribution is 5.94. The van der Waals surface area contributed by atoms with E-state index in [1.165, 1.54) is 6.92 Å². The second-order valence-electron chi connectivity index (χ2n) is 4.68. The number of hydrogen-bond donors (Lipinski definition) is 3. The first-order valence-electron chi connectivity index (χ1n) is 6.16. The standard InChI is InChI=1S/C14H17N3O3/c1-4-14(3,12(18)19)17-13(20)16-11-7-5-6-9(2)10(11)8-15/h5-7H,4H2,1-3H3,(H,18,19)(H2,16,17,20). The molecule has 6 heteroatoms. The van der Waals surface area contributed by atoms with Crippen molar-refractivity contribution in [2.45, 2.75) is 32.7 Å². The van der Waals surface area contributed by atoms with Gasteiger partial charge in [-0.15, -0.1) is 0 Å². The molecular formula is C14H17N3O3. The van der Waals surface area contributed by atoms with Gasteiger partial charge in [-0.3, -0.25) is 0 Å². The van der Waals surface area contributed by atoms with Crippen LogP contribution in [0.15, 0.2) is 18.2 Å². The number of benzene rings is 1. The van der Waals surface area contributed by atoms with Gasteiger partial charge in [0.25, 0.3) is 0 Å². The molecule has 0 fully saturated rings. The Morgan fingerprint density at radius 3 is 2.60 bits per heavy atom. The highest BCUT2D eigenvalue weighted by Gasteiger charge is 2.32. The third-order valence-electron chi connectivity index (χ3n) is 3.20. The second-order valence-corrected chi connectivity index (χ2v) is 4.68. The molecular weight excluding hydrogens is 258 g/mol. The van der Waals surface area contributed by atoms with Crippen molar-refractivity contribution in [2.75, 3.05) is 5.32 Å². The molecule has 1 aromatic carbocycles. The van der Waals surface area contributed by atoms with Gasteiger partial charge in [-0.2, -0.15) is 5.26 Å². The van der Waals surface area contributed by atoms with Gasteiger partial charge in [0.05, 0.1) is 11.3 Å². The monoisotopic (exact) mass is 275 g/mol. The van der Waals surface area contributed by atoms with Crippen LogP contribution in [0.4, 0.5) is 10.5 Å². The maximum absolute atomic E-state index is 11.9. The van der Waals surface area contributed by atoms with Crippen molar-refractivity contribution in [1.29, 1.82) is 5.26 Å². The van der Waals surface area contributed by atoms with Crippen LogP contribution in [-0.4, -0.2) is 22.6 Å². The molecule has 0 heterocycles. The summed E-state index contributed by atoms with van der Waals surface area (Å²) in [6.45, 7) is 4.85. The fourth-order valence-electron chi connectivity index (χ4n) is 1.62. The van der Waals surface area contributed by atoms with Gasteiger partial charge in [-0.1, -0.05) is 19.1 Å². The van der Waals surface area contributed by atoms with Gasteiger partial charge in [0.1, 0.15) is 11.6 Å². The second kappa shape index (κ2) is 6.06. The van der Waals surface area contributed by atoms with Crippen molar-refractivity contribution >= 4 is 17.7 Å². The lowest BCUT2D eigenvalue weighted by atomic mass is 10.00. The van der Waals surface area contributed by atoms with Gasteiger partial charge in [-0.25, -0.2) is 9.59 Å². The van der Waals surface area contributed by atoms with Crippen molar-refractivity contribution in [1.82, 2.24) is 5.32 Å². The number of nitrogens with one attached hydrogen (secondary N) is 2. The number of carbonyl (C=O) groups is 2. The van der Waals surface area contributed by atoms with Crippen LogP contribution in [0, 0.1) is 18.3 Å². The van der Waals surface area contributed by atoms with E-state index in [1.807, 2.05) is 6.07 Å². The minimum atomic E-state index is -1.35. The lowest BCUT2D eigenvalue weighted by molar-refractivity contribution is -0.143. The normalized spacial score (nSPS) is 12.9. The maximum atomic E-state index is 11.9. The summed E-state index contributed by atoms with van der Waals surface area (Å²) >= 11 is 0. The van der Waals surface area contributed by atoms with Crippen LogP contribution in [0.3, 0.4) is 0 Å². The van der Waals surface area contributed by atoms with Gasteiger partial charge in [0.15, 0.2) is 0 Å². The molecule has 1 atom stereocenters. The largest absolute Gasteiger partial charge is 0.480 e. The number of hydrogen-bond acceptors (Lipinski definition) is 3. The summed E-state index contributed by atoms with van der Waals surface area (Å²) in [7, 11) is 0. The number of urea groups is 1. The topological polar surface area (TPSA) is 102 Å². The molecule has 1 unspecified atom stereocenters. The number of nitrogens with zero attached hydrogens (tertiary/aromatic N) is 1. The zero-order valence-corrected chi connectivity index (χ0v) is 11.7. The molecule has 0 aliphatic rings. The Morgan fingerprint density at radius 2 is 2.10 bits per heavy atom. The molecule has 3 N–H and O–H groups in total. The van der Waals surface area contributed by atoms with E-state index in [-0.39, 0.29) is 6.42 Å². The van der Waals surface area contributed by atoms with Crippen molar-refractivity contribution in [3.8, 4) is 6.07 Å². The molecule has 1 rings (SSSR count). The highest BCUT2D eigenvalue weighted by atomic mass is 16.4. The summed E-state index contributed by atoms with van der Waals surface area (Å²) in [5.41, 5.74) is 0.104. The zero-order valence-electron chi connectivity index (χ0n) is 11.7. The summed E-state index contributed by atoms with van der Waals surface area (Å²) in [5.74, 6) is -1.11. The summed E-state index contributed by atoms with van der Waals surface area (Å²) < 4.78 is 0. The van der Waals surface area contributed by atoms with Gasteiger partial charge in [-0.05, 0) is 31.9 Å². The number of aliphatic carboxylic acids is 1. The summed E-state index contributed by atoms with van der Waals surface area (Å²) in [6.07, 6.45) is 0.245. The number of carbonyl (C=O) groups excluding carboxylic acids is 1. The minimum absolute atomic E-state index is 0.245. The zero-order chi connectivity index (χ0) is 15.3. The smallest absolute Gasteiger partial charge is 0.329 e. The Labute approximate surface area is 117 Å². The van der Waals surface area contributed by atoms with E-state index >= 15 is 0 Å². The molecule has 2 amide bonds. The van der Waals surface area contributed by atoms with Gasteiger partial charge in [0.2, 0.25) is 0 Å². The molecule has 0 spiro atoms. The quantitative estimate of drug-likeness (QED) is 0.784. The Balaban J connectivity index is 2.91. The first-order chi connectivity index (χ1) is 9.34. The van der Waals surface area contributed by atoms with Crippen LogP contribution >= 0.6 is 0 Å². The molecule has 0 aromatic heterocycles. The van der Waals surface area contributed by atoms with Gasteiger partial charge < -0.3 is 15.7 Å². The Kier molecular flexibility index (Phi) is 4.70. The third-order valence-corrected chi connectivity index (χ3v) is 3.20. The minimum Gasteiger partial charge on any atom is -0.480 e. The average Bonchev–Trinajstić information content (AvgIpc) is 2.38. The summed E-state index contributed by atoms with van der Waals surface area (Å²) in [5, 5.41) is 23.1. The van der Waals surface area contributed by atoms with E-state index in [0.29, 0.717) is 11.3 Å². The maximum Gasteiger partial charge on any atom is 0.329 e. The molecule has 20 heavy (non-hydrogen) atoms. The van der Waals surface area contributed by atoms with E-state index in [2.05, 4.69) is 10.6 Å². The van der Waals surface area contributed by atoms with E-state index in [4.69, 9.17) is 10.4 Å². The van der Waals surface area contributed by atoms with Crippen molar-refractivity contribution < 1.29 is 14.7 Å². The predicted molar refractivity (Wildman–Crippen MR) is 74.4 cm³/mol. The number of rotatable bonds is 4. The number of nitriles is 1. The molecule has 0 saturated carbocycles. The van der Waals surface area contributed by atoms with Crippen molar-refractivity contribution in [3.05, 3.63) is 29.3 Å². The SMILES string of the molecule is CCC(C)(NC(=O)Nc1cccc(C)c1C#N)C(=O)O. The number of carboxylic acids is 1. The highest BCUT2D eigenvalue weighted by Crippen LogP contribution is 2.18. The summed E-state index contributed by atoms with van der Waals surface area (Å²) in [4.78, 5) is 23.0. The predicted octanol–water partition coefficient (Wildman–Crippen LogP) is 2.24. The number of carboxylic acid groups (broad SMARTS) is 1. The molecule has 1 aromatic rings. The van der Waals surface area contributed by atoms with Gasteiger partial charge in [0, 0.05) is 0 Å². The Hall–Kier alpha value is -2.55. The fraction of sp³-hybridized carbons (Fsp3) is 0.357. The number of aryl methyl sites for hydroxylation is 1. The van der Waals surface area contributed by atoms with Crippen LogP contribution in [0.5, 0.6) is 0 Å². The van der Waals surface area contributed by atoms with E-state index < -0.39 is 17.5 Å². The lowest BCUT2D eigenvalue weighted by Crippen LogP contribution is -2.53. The van der Waals surface area contributed by atoms with Crippen LogP contribution in [0.25, 0.3) is 0 Å². The van der Waals surface area contributed by atoms with Crippen molar-refractivity contribution in [3.63, 3.8) is 0 Å². The average molecular weight is 275 g/mol. The number of anilines is 1. The van der Waals surface area contributed by atoms with Crippen LogP contribution in [0.1, 0.15) is 31.4 Å². The molecule has 0 radical (unpaired) electrons. The van der Waals surface area contributed by atoms with E-state index in [1.54, 1.807) is 32.0 Å². The third kappa shape index (κ3) is 3.26.